The molecule has 0 bridgehead atoms. The molecule has 1 atom stereocenters. The Morgan fingerprint density at radius 2 is 2.04 bits per heavy atom. The number of hydrogen-bond acceptors (Lipinski definition) is 3. The van der Waals surface area contributed by atoms with E-state index in [-0.39, 0.29) is 12.5 Å². The molecule has 0 saturated carbocycles. The summed E-state index contributed by atoms with van der Waals surface area (Å²) in [5.74, 6) is 0.466. The van der Waals surface area contributed by atoms with Crippen molar-refractivity contribution >= 4 is 16.8 Å². The molecular weight excluding hydrogens is 316 g/mol. The van der Waals surface area contributed by atoms with E-state index in [1.807, 2.05) is 38.1 Å². The number of aromatic amines is 1. The Balaban J connectivity index is 1.70. The van der Waals surface area contributed by atoms with E-state index < -0.39 is 6.10 Å². The fourth-order valence-electron chi connectivity index (χ4n) is 2.86. The Morgan fingerprint density at radius 3 is 2.80 bits per heavy atom. The zero-order chi connectivity index (χ0) is 18.0. The molecule has 0 spiro atoms. The van der Waals surface area contributed by atoms with Gasteiger partial charge in [0.05, 0.1) is 13.2 Å². The molecule has 1 heterocycles. The van der Waals surface area contributed by atoms with Crippen molar-refractivity contribution in [3.05, 3.63) is 64.8 Å². The van der Waals surface area contributed by atoms with Gasteiger partial charge in [-0.2, -0.15) is 0 Å². The number of carbonyl (C=O) groups is 1. The first-order valence-corrected chi connectivity index (χ1v) is 8.18. The van der Waals surface area contributed by atoms with Crippen LogP contribution in [0.25, 0.3) is 10.9 Å². The number of hydrogen-bond donors (Lipinski definition) is 3. The third kappa shape index (κ3) is 3.51. The summed E-state index contributed by atoms with van der Waals surface area (Å²) < 4.78 is 5.15. The van der Waals surface area contributed by atoms with Crippen molar-refractivity contribution in [2.75, 3.05) is 13.7 Å². The van der Waals surface area contributed by atoms with Crippen molar-refractivity contribution in [3.63, 3.8) is 0 Å². The van der Waals surface area contributed by atoms with Crippen molar-refractivity contribution in [2.24, 2.45) is 0 Å². The van der Waals surface area contributed by atoms with Crippen LogP contribution in [0.3, 0.4) is 0 Å². The Labute approximate surface area is 146 Å². The van der Waals surface area contributed by atoms with Gasteiger partial charge in [0.15, 0.2) is 0 Å². The highest BCUT2D eigenvalue weighted by Gasteiger charge is 2.13. The van der Waals surface area contributed by atoms with E-state index in [2.05, 4.69) is 10.3 Å². The molecule has 0 aliphatic rings. The number of aliphatic hydroxyl groups excluding tert-OH is 1. The zero-order valence-corrected chi connectivity index (χ0v) is 14.6. The Kier molecular flexibility index (Phi) is 4.76. The van der Waals surface area contributed by atoms with Gasteiger partial charge in [-0.3, -0.25) is 4.79 Å². The lowest BCUT2D eigenvalue weighted by Gasteiger charge is -2.13. The van der Waals surface area contributed by atoms with Crippen LogP contribution in [-0.2, 0) is 0 Å². The topological polar surface area (TPSA) is 74.3 Å². The molecule has 3 aromatic rings. The predicted octanol–water partition coefficient (Wildman–Crippen LogP) is 3.26. The van der Waals surface area contributed by atoms with Gasteiger partial charge in [-0.1, -0.05) is 12.1 Å². The molecule has 1 unspecified atom stereocenters. The SMILES string of the molecule is COc1cccc(C(O)CNC(=O)c2ccc3[nH]c(C)c(C)c3c2)c1. The number of aryl methyl sites for hydroxylation is 2. The second-order valence-electron chi connectivity index (χ2n) is 6.14. The molecule has 3 N–H and O–H groups in total. The molecule has 0 aliphatic heterocycles. The summed E-state index contributed by atoms with van der Waals surface area (Å²) in [4.78, 5) is 15.7. The Morgan fingerprint density at radius 1 is 1.24 bits per heavy atom. The lowest BCUT2D eigenvalue weighted by molar-refractivity contribution is 0.0916. The number of nitrogens with one attached hydrogen (secondary N) is 2. The smallest absolute Gasteiger partial charge is 0.251 e. The molecule has 0 radical (unpaired) electrons. The van der Waals surface area contributed by atoms with Gasteiger partial charge in [-0.25, -0.2) is 0 Å². The van der Waals surface area contributed by atoms with Crippen LogP contribution in [0.4, 0.5) is 0 Å². The highest BCUT2D eigenvalue weighted by molar-refractivity contribution is 5.99. The first-order valence-electron chi connectivity index (χ1n) is 8.18. The molecule has 3 rings (SSSR count). The molecule has 25 heavy (non-hydrogen) atoms. The monoisotopic (exact) mass is 338 g/mol. The van der Waals surface area contributed by atoms with Crippen LogP contribution < -0.4 is 10.1 Å². The summed E-state index contributed by atoms with van der Waals surface area (Å²) in [5, 5.41) is 14.1. The van der Waals surface area contributed by atoms with Crippen molar-refractivity contribution in [2.45, 2.75) is 20.0 Å². The van der Waals surface area contributed by atoms with Gasteiger partial charge >= 0.3 is 0 Å². The molecule has 0 saturated heterocycles. The number of H-pyrrole nitrogens is 1. The summed E-state index contributed by atoms with van der Waals surface area (Å²) in [5.41, 5.74) is 4.53. The Hall–Kier alpha value is -2.79. The molecule has 1 amide bonds. The third-order valence-corrected chi connectivity index (χ3v) is 4.50. The summed E-state index contributed by atoms with van der Waals surface area (Å²) in [6.45, 7) is 4.18. The minimum Gasteiger partial charge on any atom is -0.497 e. The van der Waals surface area contributed by atoms with Crippen molar-refractivity contribution in [3.8, 4) is 5.75 Å². The fourth-order valence-corrected chi connectivity index (χ4v) is 2.86. The minimum atomic E-state index is -0.793. The van der Waals surface area contributed by atoms with Crippen LogP contribution in [0, 0.1) is 13.8 Å². The first-order chi connectivity index (χ1) is 12.0. The summed E-state index contributed by atoms with van der Waals surface area (Å²) in [6.07, 6.45) is -0.793. The molecule has 5 nitrogen and oxygen atoms in total. The van der Waals surface area contributed by atoms with Crippen molar-refractivity contribution < 1.29 is 14.6 Å². The van der Waals surface area contributed by atoms with E-state index in [0.717, 1.165) is 22.2 Å². The van der Waals surface area contributed by atoms with E-state index in [4.69, 9.17) is 4.74 Å². The average molecular weight is 338 g/mol. The fraction of sp³-hybridized carbons (Fsp3) is 0.250. The maximum Gasteiger partial charge on any atom is 0.251 e. The second kappa shape index (κ2) is 6.99. The summed E-state index contributed by atoms with van der Waals surface area (Å²) in [6, 6.07) is 12.7. The summed E-state index contributed by atoms with van der Waals surface area (Å²) in [7, 11) is 1.58. The van der Waals surface area contributed by atoms with Gasteiger partial charge in [0.25, 0.3) is 5.91 Å². The van der Waals surface area contributed by atoms with Crippen molar-refractivity contribution in [1.29, 1.82) is 0 Å². The highest BCUT2D eigenvalue weighted by atomic mass is 16.5. The third-order valence-electron chi connectivity index (χ3n) is 4.50. The lowest BCUT2D eigenvalue weighted by Crippen LogP contribution is -2.28. The lowest BCUT2D eigenvalue weighted by atomic mass is 10.1. The number of ether oxygens (including phenoxy) is 1. The van der Waals surface area contributed by atoms with E-state index >= 15 is 0 Å². The quantitative estimate of drug-likeness (QED) is 0.668. The van der Waals surface area contributed by atoms with Crippen LogP contribution in [0.1, 0.15) is 33.3 Å². The number of rotatable bonds is 5. The largest absolute Gasteiger partial charge is 0.497 e. The highest BCUT2D eigenvalue weighted by Crippen LogP contribution is 2.23. The molecule has 130 valence electrons. The van der Waals surface area contributed by atoms with Gasteiger partial charge in [-0.15, -0.1) is 0 Å². The first kappa shape index (κ1) is 17.0. The van der Waals surface area contributed by atoms with Gasteiger partial charge in [0.2, 0.25) is 0 Å². The maximum atomic E-state index is 12.4. The van der Waals surface area contributed by atoms with E-state index in [1.54, 1.807) is 25.3 Å². The van der Waals surface area contributed by atoms with Crippen LogP contribution in [0.5, 0.6) is 5.75 Å². The zero-order valence-electron chi connectivity index (χ0n) is 14.6. The Bertz CT molecular complexity index is 914. The normalized spacial score (nSPS) is 12.2. The van der Waals surface area contributed by atoms with Gasteiger partial charge in [0.1, 0.15) is 5.75 Å². The number of benzene rings is 2. The second-order valence-corrected chi connectivity index (χ2v) is 6.14. The number of amides is 1. The molecule has 1 aromatic heterocycles. The van der Waals surface area contributed by atoms with Gasteiger partial charge < -0.3 is 20.1 Å². The number of carbonyl (C=O) groups excluding carboxylic acids is 1. The number of aromatic nitrogens is 1. The number of methoxy groups -OCH3 is 1. The van der Waals surface area contributed by atoms with Crippen LogP contribution in [0.2, 0.25) is 0 Å². The number of fused-ring (bicyclic) bond motifs is 1. The predicted molar refractivity (Wildman–Crippen MR) is 98.1 cm³/mol. The van der Waals surface area contributed by atoms with Gasteiger partial charge in [-0.05, 0) is 55.3 Å². The van der Waals surface area contributed by atoms with Crippen LogP contribution in [0.15, 0.2) is 42.5 Å². The van der Waals surface area contributed by atoms with E-state index in [9.17, 15) is 9.90 Å². The van der Waals surface area contributed by atoms with Crippen LogP contribution in [-0.4, -0.2) is 29.7 Å². The molecule has 0 aliphatic carbocycles. The molecule has 0 fully saturated rings. The molecular formula is C20H22N2O3. The minimum absolute atomic E-state index is 0.134. The molecule has 5 heteroatoms. The average Bonchev–Trinajstić information content (AvgIpc) is 2.93. The number of aliphatic hydroxyl groups is 1. The summed E-state index contributed by atoms with van der Waals surface area (Å²) >= 11 is 0. The maximum absolute atomic E-state index is 12.4. The van der Waals surface area contributed by atoms with Crippen LogP contribution >= 0.6 is 0 Å². The molecule has 2 aromatic carbocycles. The van der Waals surface area contributed by atoms with Gasteiger partial charge in [0, 0.05) is 28.7 Å². The van der Waals surface area contributed by atoms with E-state index in [1.165, 1.54) is 0 Å². The standard InChI is InChI=1S/C20H22N2O3/c1-12-13(2)22-18-8-7-15(10-17(12)18)20(24)21-11-19(23)14-5-4-6-16(9-14)25-3/h4-10,19,22-23H,11H2,1-3H3,(H,21,24). The van der Waals surface area contributed by atoms with Crippen molar-refractivity contribution in [1.82, 2.24) is 10.3 Å². The van der Waals surface area contributed by atoms with E-state index in [0.29, 0.717) is 16.9 Å².